The highest BCUT2D eigenvalue weighted by Gasteiger charge is 2.19. The fourth-order valence-electron chi connectivity index (χ4n) is 0.700. The van der Waals surface area contributed by atoms with Gasteiger partial charge >= 0.3 is 0 Å². The first-order chi connectivity index (χ1) is 5.17. The van der Waals surface area contributed by atoms with Gasteiger partial charge in [0.2, 0.25) is 0 Å². The lowest BCUT2D eigenvalue weighted by Gasteiger charge is -2.14. The normalized spacial score (nSPS) is 11.1. The van der Waals surface area contributed by atoms with Crippen LogP contribution in [-0.4, -0.2) is 16.3 Å². The van der Waals surface area contributed by atoms with E-state index in [0.717, 1.165) is 11.8 Å². The van der Waals surface area contributed by atoms with Crippen molar-refractivity contribution < 1.29 is 4.79 Å². The molecule has 1 aromatic heterocycles. The van der Waals surface area contributed by atoms with Crippen molar-refractivity contribution in [2.24, 2.45) is 0 Å². The highest BCUT2D eigenvalue weighted by atomic mass is 16.1. The summed E-state index contributed by atoms with van der Waals surface area (Å²) < 4.78 is 0. The summed E-state index contributed by atoms with van der Waals surface area (Å²) in [5.74, 6) is 0. The van der Waals surface area contributed by atoms with Crippen molar-refractivity contribution in [3.63, 3.8) is 0 Å². The predicted octanol–water partition coefficient (Wildman–Crippen LogP) is 0.953. The lowest BCUT2D eigenvalue weighted by atomic mass is 9.89. The van der Waals surface area contributed by atoms with Crippen molar-refractivity contribution in [3.05, 3.63) is 24.3 Å². The van der Waals surface area contributed by atoms with Crippen molar-refractivity contribution >= 4 is 6.29 Å². The average molecular weight is 150 g/mol. The molecule has 0 atom stereocenters. The largest absolute Gasteiger partial charge is 0.302 e. The van der Waals surface area contributed by atoms with Crippen LogP contribution in [0.3, 0.4) is 0 Å². The van der Waals surface area contributed by atoms with Crippen molar-refractivity contribution in [2.45, 2.75) is 19.3 Å². The molecule has 1 heterocycles. The summed E-state index contributed by atoms with van der Waals surface area (Å²) in [5, 5.41) is 0. The maximum Gasteiger partial charge on any atom is 0.130 e. The second-order valence-electron chi connectivity index (χ2n) is 2.97. The van der Waals surface area contributed by atoms with E-state index in [1.54, 1.807) is 12.4 Å². The standard InChI is InChI=1S/C8H10N2O/c1-8(2,5-11)7-3-9-6-10-4-7/h3-6H,1-2H3. The molecule has 0 spiro atoms. The molecule has 11 heavy (non-hydrogen) atoms. The van der Waals surface area contributed by atoms with Gasteiger partial charge in [-0.3, -0.25) is 0 Å². The monoisotopic (exact) mass is 150 g/mol. The first kappa shape index (κ1) is 7.85. The number of aldehydes is 1. The van der Waals surface area contributed by atoms with E-state index >= 15 is 0 Å². The topological polar surface area (TPSA) is 42.9 Å². The molecule has 0 unspecified atom stereocenters. The third-order valence-corrected chi connectivity index (χ3v) is 1.60. The maximum absolute atomic E-state index is 10.6. The number of carbonyl (C=O) groups is 1. The van der Waals surface area contributed by atoms with Crippen LogP contribution in [0.15, 0.2) is 18.7 Å². The number of hydrogen-bond acceptors (Lipinski definition) is 3. The molecule has 0 aromatic carbocycles. The van der Waals surface area contributed by atoms with Crippen molar-refractivity contribution in [3.8, 4) is 0 Å². The molecular formula is C8H10N2O. The van der Waals surface area contributed by atoms with E-state index in [1.165, 1.54) is 6.33 Å². The molecule has 0 amide bonds. The average Bonchev–Trinajstić information content (AvgIpc) is 2.06. The molecule has 1 rings (SSSR count). The van der Waals surface area contributed by atoms with Gasteiger partial charge in [0.05, 0.1) is 0 Å². The van der Waals surface area contributed by atoms with Gasteiger partial charge in [0.1, 0.15) is 12.6 Å². The summed E-state index contributed by atoms with van der Waals surface area (Å²) in [6.45, 7) is 3.66. The molecule has 0 aliphatic carbocycles. The van der Waals surface area contributed by atoms with Gasteiger partial charge in [-0.1, -0.05) is 0 Å². The van der Waals surface area contributed by atoms with Crippen LogP contribution in [0, 0.1) is 0 Å². The molecule has 0 bridgehead atoms. The van der Waals surface area contributed by atoms with E-state index in [0.29, 0.717) is 0 Å². The number of carbonyl (C=O) groups excluding carboxylic acids is 1. The zero-order valence-electron chi connectivity index (χ0n) is 6.61. The Labute approximate surface area is 65.5 Å². The van der Waals surface area contributed by atoms with E-state index in [9.17, 15) is 4.79 Å². The van der Waals surface area contributed by atoms with E-state index in [1.807, 2.05) is 13.8 Å². The highest BCUT2D eigenvalue weighted by Crippen LogP contribution is 2.17. The third kappa shape index (κ3) is 1.61. The Bertz CT molecular complexity index is 244. The van der Waals surface area contributed by atoms with Gasteiger partial charge in [-0.25, -0.2) is 9.97 Å². The smallest absolute Gasteiger partial charge is 0.130 e. The Morgan fingerprint density at radius 1 is 1.36 bits per heavy atom. The van der Waals surface area contributed by atoms with Gasteiger partial charge in [0.15, 0.2) is 0 Å². The van der Waals surface area contributed by atoms with Crippen LogP contribution in [0.5, 0.6) is 0 Å². The minimum absolute atomic E-state index is 0.471. The molecule has 3 nitrogen and oxygen atoms in total. The Morgan fingerprint density at radius 3 is 2.36 bits per heavy atom. The third-order valence-electron chi connectivity index (χ3n) is 1.60. The minimum Gasteiger partial charge on any atom is -0.302 e. The molecule has 0 saturated heterocycles. The fraction of sp³-hybridized carbons (Fsp3) is 0.375. The molecular weight excluding hydrogens is 140 g/mol. The number of hydrogen-bond donors (Lipinski definition) is 0. The first-order valence-electron chi connectivity index (χ1n) is 3.38. The van der Waals surface area contributed by atoms with Crippen LogP contribution in [-0.2, 0) is 10.2 Å². The Hall–Kier alpha value is -1.25. The molecule has 0 aliphatic rings. The van der Waals surface area contributed by atoms with Crippen molar-refractivity contribution in [2.75, 3.05) is 0 Å². The Balaban J connectivity index is 3.02. The Morgan fingerprint density at radius 2 is 1.91 bits per heavy atom. The summed E-state index contributed by atoms with van der Waals surface area (Å²) in [4.78, 5) is 18.2. The molecule has 1 aromatic rings. The van der Waals surface area contributed by atoms with Gasteiger partial charge < -0.3 is 4.79 Å². The molecule has 0 fully saturated rings. The summed E-state index contributed by atoms with van der Waals surface area (Å²) in [6, 6.07) is 0. The van der Waals surface area contributed by atoms with Gasteiger partial charge in [0, 0.05) is 23.4 Å². The van der Waals surface area contributed by atoms with Crippen LogP contribution < -0.4 is 0 Å². The predicted molar refractivity (Wildman–Crippen MR) is 41.1 cm³/mol. The van der Waals surface area contributed by atoms with E-state index in [-0.39, 0.29) is 0 Å². The molecule has 0 radical (unpaired) electrons. The van der Waals surface area contributed by atoms with Gasteiger partial charge in [0.25, 0.3) is 0 Å². The summed E-state index contributed by atoms with van der Waals surface area (Å²) >= 11 is 0. The summed E-state index contributed by atoms with van der Waals surface area (Å²) in [5.41, 5.74) is 0.372. The zero-order chi connectivity index (χ0) is 8.32. The zero-order valence-corrected chi connectivity index (χ0v) is 6.61. The molecule has 0 aliphatic heterocycles. The minimum atomic E-state index is -0.471. The highest BCUT2D eigenvalue weighted by molar-refractivity contribution is 5.66. The maximum atomic E-state index is 10.6. The summed E-state index contributed by atoms with van der Waals surface area (Å²) in [7, 11) is 0. The lowest BCUT2D eigenvalue weighted by molar-refractivity contribution is -0.111. The van der Waals surface area contributed by atoms with Crippen LogP contribution in [0.1, 0.15) is 19.4 Å². The first-order valence-corrected chi connectivity index (χ1v) is 3.38. The van der Waals surface area contributed by atoms with Gasteiger partial charge in [-0.2, -0.15) is 0 Å². The molecule has 3 heteroatoms. The van der Waals surface area contributed by atoms with Gasteiger partial charge in [-0.15, -0.1) is 0 Å². The molecule has 58 valence electrons. The van der Waals surface area contributed by atoms with E-state index in [4.69, 9.17) is 0 Å². The van der Waals surface area contributed by atoms with E-state index in [2.05, 4.69) is 9.97 Å². The lowest BCUT2D eigenvalue weighted by Crippen LogP contribution is -2.18. The van der Waals surface area contributed by atoms with Crippen molar-refractivity contribution in [1.29, 1.82) is 0 Å². The van der Waals surface area contributed by atoms with Crippen LogP contribution in [0.25, 0.3) is 0 Å². The van der Waals surface area contributed by atoms with Crippen LogP contribution in [0.4, 0.5) is 0 Å². The number of rotatable bonds is 2. The SMILES string of the molecule is CC(C)(C=O)c1cncnc1. The quantitative estimate of drug-likeness (QED) is 0.589. The van der Waals surface area contributed by atoms with Crippen LogP contribution >= 0.6 is 0 Å². The van der Waals surface area contributed by atoms with Crippen molar-refractivity contribution in [1.82, 2.24) is 9.97 Å². The Kier molecular flexibility index (Phi) is 1.98. The van der Waals surface area contributed by atoms with Gasteiger partial charge in [-0.05, 0) is 13.8 Å². The molecule has 0 N–H and O–H groups in total. The van der Waals surface area contributed by atoms with Crippen LogP contribution in [0.2, 0.25) is 0 Å². The second kappa shape index (κ2) is 2.78. The molecule has 0 saturated carbocycles. The summed E-state index contributed by atoms with van der Waals surface area (Å²) in [6.07, 6.45) is 5.65. The number of nitrogens with zero attached hydrogens (tertiary/aromatic N) is 2. The fourth-order valence-corrected chi connectivity index (χ4v) is 0.700. The second-order valence-corrected chi connectivity index (χ2v) is 2.97. The number of aromatic nitrogens is 2. The van der Waals surface area contributed by atoms with E-state index < -0.39 is 5.41 Å².